The number of rotatable bonds is 1. The van der Waals surface area contributed by atoms with Gasteiger partial charge in [0.25, 0.3) is 0 Å². The summed E-state index contributed by atoms with van der Waals surface area (Å²) in [5.41, 5.74) is 12.9. The zero-order valence-electron chi connectivity index (χ0n) is 25.4. The summed E-state index contributed by atoms with van der Waals surface area (Å²) in [7, 11) is 1.63. The zero-order valence-corrected chi connectivity index (χ0v) is 27.4. The van der Waals surface area contributed by atoms with Gasteiger partial charge in [-0.3, -0.25) is 0 Å². The van der Waals surface area contributed by atoms with E-state index in [2.05, 4.69) is 146 Å². The minimum atomic E-state index is 0.449. The molecule has 2 heteroatoms. The van der Waals surface area contributed by atoms with E-state index < -0.39 is 0 Å². The Kier molecular flexibility index (Phi) is 6.19. The molecule has 0 aliphatic carbocycles. The maximum Gasteiger partial charge on any atom is 0.0129 e. The molecule has 0 saturated carbocycles. The van der Waals surface area contributed by atoms with Crippen molar-refractivity contribution in [1.29, 1.82) is 0 Å². The first-order chi connectivity index (χ1) is 22.8. The van der Waals surface area contributed by atoms with Crippen LogP contribution in [0.15, 0.2) is 146 Å². The van der Waals surface area contributed by atoms with Gasteiger partial charge in [-0.05, 0) is 99.9 Å². The van der Waals surface area contributed by atoms with E-state index in [1.807, 2.05) is 0 Å². The molecule has 8 aromatic carbocycles. The van der Waals surface area contributed by atoms with Crippen LogP contribution in [0.5, 0.6) is 0 Å². The topological polar surface area (TPSA) is 0 Å². The molecule has 8 aromatic rings. The van der Waals surface area contributed by atoms with Gasteiger partial charge in [-0.1, -0.05) is 146 Å². The maximum absolute atomic E-state index is 2.50. The van der Waals surface area contributed by atoms with Crippen molar-refractivity contribution in [3.8, 4) is 22.3 Å². The minimum absolute atomic E-state index is 0.449. The second kappa shape index (κ2) is 10.6. The summed E-state index contributed by atoms with van der Waals surface area (Å²) in [6.45, 7) is 0. The molecule has 218 valence electrons. The first kappa shape index (κ1) is 26.8. The van der Waals surface area contributed by atoms with Crippen LogP contribution in [0.1, 0.15) is 33.6 Å². The highest BCUT2D eigenvalue weighted by Crippen LogP contribution is 2.63. The van der Waals surface area contributed by atoms with Crippen LogP contribution in [0.3, 0.4) is 0 Å². The van der Waals surface area contributed by atoms with E-state index >= 15 is 0 Å². The van der Waals surface area contributed by atoms with Crippen molar-refractivity contribution in [2.75, 3.05) is 0 Å². The lowest BCUT2D eigenvalue weighted by Gasteiger charge is -2.30. The second-order valence-corrected chi connectivity index (χ2v) is 15.6. The van der Waals surface area contributed by atoms with E-state index in [1.54, 1.807) is 11.1 Å². The molecule has 0 aromatic heterocycles. The fraction of sp³-hybridized carbons (Fsp3) is 0.0909. The highest BCUT2D eigenvalue weighted by atomic mass is 31.1. The normalized spacial score (nSPS) is 18.3. The van der Waals surface area contributed by atoms with Gasteiger partial charge in [0.2, 0.25) is 0 Å². The van der Waals surface area contributed by atoms with Crippen molar-refractivity contribution in [1.82, 2.24) is 0 Å². The molecular formula is C44H32P2. The Hall–Kier alpha value is -4.34. The summed E-state index contributed by atoms with van der Waals surface area (Å²) in [6, 6.07) is 55.5. The van der Waals surface area contributed by atoms with Gasteiger partial charge in [-0.25, -0.2) is 0 Å². The van der Waals surface area contributed by atoms with Gasteiger partial charge in [-0.2, -0.15) is 0 Å². The molecule has 0 nitrogen and oxygen atoms in total. The molecule has 10 rings (SSSR count). The van der Waals surface area contributed by atoms with E-state index in [1.165, 1.54) is 76.5 Å². The van der Waals surface area contributed by atoms with Crippen LogP contribution in [0.2, 0.25) is 0 Å². The van der Waals surface area contributed by atoms with E-state index in [9.17, 15) is 0 Å². The standard InChI is InChI=1S/C44H32P2/c1-5-13-33-27(9-1)17-19-31-25-45-43(37-23-21-29-11-3-7-15-35(29)41(37)39(31)33)44-38-24-22-30-12-4-8-16-36(30)42(38)40-32(26-46-44)20-18-28-10-2-6-14-34(28)40/h1-24,43-46H,25-26H2/t43-,44-/m1/s1. The Bertz CT molecular complexity index is 2330. The number of benzene rings is 8. The van der Waals surface area contributed by atoms with Crippen LogP contribution in [0, 0.1) is 0 Å². The first-order valence-corrected chi connectivity index (χ1v) is 18.9. The van der Waals surface area contributed by atoms with Gasteiger partial charge in [0, 0.05) is 11.3 Å². The summed E-state index contributed by atoms with van der Waals surface area (Å²) in [5.74, 6) is 0. The molecule has 4 atom stereocenters. The largest absolute Gasteiger partial charge is 0.109 e. The molecule has 0 spiro atoms. The summed E-state index contributed by atoms with van der Waals surface area (Å²) in [4.78, 5) is 0. The fourth-order valence-corrected chi connectivity index (χ4v) is 12.4. The van der Waals surface area contributed by atoms with Crippen molar-refractivity contribution in [2.45, 2.75) is 23.6 Å². The van der Waals surface area contributed by atoms with Crippen molar-refractivity contribution in [3.05, 3.63) is 168 Å². The molecule has 0 N–H and O–H groups in total. The third kappa shape index (κ3) is 4.00. The summed E-state index contributed by atoms with van der Waals surface area (Å²) in [6.07, 6.45) is 2.24. The molecule has 0 bridgehead atoms. The zero-order chi connectivity index (χ0) is 30.2. The summed E-state index contributed by atoms with van der Waals surface area (Å²) >= 11 is 0. The Labute approximate surface area is 273 Å². The van der Waals surface area contributed by atoms with Gasteiger partial charge in [0.05, 0.1) is 0 Å². The van der Waals surface area contributed by atoms with Crippen LogP contribution >= 0.6 is 17.2 Å². The van der Waals surface area contributed by atoms with Crippen molar-refractivity contribution in [3.63, 3.8) is 0 Å². The third-order valence-corrected chi connectivity index (χ3v) is 14.2. The molecule has 2 aliphatic rings. The van der Waals surface area contributed by atoms with Gasteiger partial charge in [0.1, 0.15) is 0 Å². The van der Waals surface area contributed by atoms with Gasteiger partial charge in [0.15, 0.2) is 0 Å². The molecular weight excluding hydrogens is 590 g/mol. The number of hydrogen-bond donors (Lipinski definition) is 0. The van der Waals surface area contributed by atoms with Crippen molar-refractivity contribution < 1.29 is 0 Å². The van der Waals surface area contributed by atoms with Crippen LogP contribution in [0.25, 0.3) is 65.3 Å². The van der Waals surface area contributed by atoms with Gasteiger partial charge >= 0.3 is 0 Å². The molecule has 2 unspecified atom stereocenters. The highest BCUT2D eigenvalue weighted by Gasteiger charge is 2.35. The molecule has 0 amide bonds. The van der Waals surface area contributed by atoms with Gasteiger partial charge in [-0.15, -0.1) is 17.2 Å². The number of fused-ring (bicyclic) bond motifs is 14. The average Bonchev–Trinajstić information content (AvgIpc) is 3.40. The highest BCUT2D eigenvalue weighted by molar-refractivity contribution is 7.42. The average molecular weight is 623 g/mol. The quantitative estimate of drug-likeness (QED) is 0.160. The van der Waals surface area contributed by atoms with E-state index in [0.29, 0.717) is 11.3 Å². The molecule has 2 aliphatic heterocycles. The van der Waals surface area contributed by atoms with Gasteiger partial charge < -0.3 is 0 Å². The molecule has 2 heterocycles. The maximum atomic E-state index is 2.50. The predicted octanol–water partition coefficient (Wildman–Crippen LogP) is 12.8. The van der Waals surface area contributed by atoms with Crippen LogP contribution in [-0.2, 0) is 12.3 Å². The van der Waals surface area contributed by atoms with Crippen LogP contribution in [0.4, 0.5) is 0 Å². The Morgan fingerprint density at radius 2 is 0.652 bits per heavy atom. The lowest BCUT2D eigenvalue weighted by atomic mass is 9.83. The summed E-state index contributed by atoms with van der Waals surface area (Å²) < 4.78 is 0. The Balaban J connectivity index is 1.27. The number of hydrogen-bond acceptors (Lipinski definition) is 0. The monoisotopic (exact) mass is 622 g/mol. The molecule has 0 fully saturated rings. The van der Waals surface area contributed by atoms with Crippen molar-refractivity contribution in [2.24, 2.45) is 0 Å². The Morgan fingerprint density at radius 1 is 0.326 bits per heavy atom. The molecule has 0 radical (unpaired) electrons. The van der Waals surface area contributed by atoms with E-state index in [0.717, 1.165) is 29.5 Å². The molecule has 46 heavy (non-hydrogen) atoms. The third-order valence-electron chi connectivity index (χ3n) is 10.5. The van der Waals surface area contributed by atoms with Crippen molar-refractivity contribution >= 4 is 60.3 Å². The smallest absolute Gasteiger partial charge is 0.0129 e. The first-order valence-electron chi connectivity index (χ1n) is 16.4. The SMILES string of the molecule is c1ccc2c3c(ccc2c1)CP[C@@H]([C@@H]1PCc2ccc4ccccc4c2-c2c1ccc1ccccc21)c1ccc2ccccc2c1-3. The van der Waals surface area contributed by atoms with Crippen LogP contribution in [-0.4, -0.2) is 0 Å². The minimum Gasteiger partial charge on any atom is -0.109 e. The predicted molar refractivity (Wildman–Crippen MR) is 203 cm³/mol. The molecule has 0 saturated heterocycles. The lowest BCUT2D eigenvalue weighted by molar-refractivity contribution is 0.899. The lowest BCUT2D eigenvalue weighted by Crippen LogP contribution is -2.06. The fourth-order valence-electron chi connectivity index (χ4n) is 8.43. The van der Waals surface area contributed by atoms with Crippen LogP contribution < -0.4 is 0 Å². The second-order valence-electron chi connectivity index (χ2n) is 12.9. The summed E-state index contributed by atoms with van der Waals surface area (Å²) in [5, 5.41) is 10.9. The van der Waals surface area contributed by atoms with E-state index in [4.69, 9.17) is 0 Å². The van der Waals surface area contributed by atoms with E-state index in [-0.39, 0.29) is 0 Å². The Morgan fingerprint density at radius 3 is 1.04 bits per heavy atom.